The molecule has 0 bridgehead atoms. The largest absolute Gasteiger partial charge is 0.355 e. The van der Waals surface area contributed by atoms with Crippen LogP contribution in [0.1, 0.15) is 36.5 Å². The van der Waals surface area contributed by atoms with Crippen LogP contribution in [0, 0.1) is 0 Å². The molecule has 0 saturated carbocycles. The first-order chi connectivity index (χ1) is 16.4. The van der Waals surface area contributed by atoms with Crippen molar-refractivity contribution in [3.05, 3.63) is 64.1 Å². The first-order valence-corrected chi connectivity index (χ1v) is 12.2. The maximum absolute atomic E-state index is 13.7. The zero-order valence-electron chi connectivity index (χ0n) is 19.1. The fourth-order valence-corrected chi connectivity index (χ4v) is 5.01. The van der Waals surface area contributed by atoms with Gasteiger partial charge in [-0.2, -0.15) is 0 Å². The quantitative estimate of drug-likeness (QED) is 0.651. The molecule has 34 heavy (non-hydrogen) atoms. The molecule has 180 valence electrons. The second-order valence-corrected chi connectivity index (χ2v) is 9.53. The van der Waals surface area contributed by atoms with Crippen LogP contribution in [0.2, 0.25) is 10.0 Å². The van der Waals surface area contributed by atoms with Crippen LogP contribution in [0.15, 0.2) is 48.5 Å². The van der Waals surface area contributed by atoms with Gasteiger partial charge in [0.1, 0.15) is 12.1 Å². The van der Waals surface area contributed by atoms with Gasteiger partial charge >= 0.3 is 0 Å². The summed E-state index contributed by atoms with van der Waals surface area (Å²) in [5.74, 6) is -0.363. The number of likely N-dealkylation sites (tertiary alicyclic amines) is 1. The number of carbonyl (C=O) groups is 3. The van der Waals surface area contributed by atoms with E-state index in [-0.39, 0.29) is 24.3 Å². The Labute approximate surface area is 209 Å². The number of hydrogen-bond donors (Lipinski definition) is 1. The molecule has 2 saturated heterocycles. The predicted octanol–water partition coefficient (Wildman–Crippen LogP) is 3.80. The number of benzene rings is 2. The van der Waals surface area contributed by atoms with Crippen molar-refractivity contribution >= 4 is 46.6 Å². The summed E-state index contributed by atoms with van der Waals surface area (Å²) in [7, 11) is 0. The zero-order valence-corrected chi connectivity index (χ0v) is 20.6. The van der Waals surface area contributed by atoms with E-state index in [0.29, 0.717) is 54.8 Å². The van der Waals surface area contributed by atoms with Crippen LogP contribution in [0.25, 0.3) is 0 Å². The van der Waals surface area contributed by atoms with Crippen LogP contribution >= 0.6 is 23.2 Å². The minimum absolute atomic E-state index is 0.0236. The van der Waals surface area contributed by atoms with E-state index in [2.05, 4.69) is 10.2 Å². The van der Waals surface area contributed by atoms with Crippen LogP contribution in [-0.4, -0.2) is 65.9 Å². The fourth-order valence-electron chi connectivity index (χ4n) is 4.71. The van der Waals surface area contributed by atoms with Crippen molar-refractivity contribution in [3.8, 4) is 0 Å². The van der Waals surface area contributed by atoms with E-state index in [4.69, 9.17) is 23.2 Å². The van der Waals surface area contributed by atoms with Crippen LogP contribution in [0.4, 0.5) is 5.69 Å². The number of amides is 3. The summed E-state index contributed by atoms with van der Waals surface area (Å²) in [6, 6.07) is 14.6. The van der Waals surface area contributed by atoms with Crippen molar-refractivity contribution in [1.29, 1.82) is 0 Å². The van der Waals surface area contributed by atoms with Crippen LogP contribution < -0.4 is 10.2 Å². The average Bonchev–Trinajstić information content (AvgIpc) is 3.11. The normalized spacial score (nSPS) is 17.4. The Kier molecular flexibility index (Phi) is 7.33. The Balaban J connectivity index is 1.54. The molecular weight excluding hydrogens is 475 g/mol. The Morgan fingerprint density at radius 3 is 2.38 bits per heavy atom. The van der Waals surface area contributed by atoms with Gasteiger partial charge in [0, 0.05) is 30.9 Å². The third-order valence-electron chi connectivity index (χ3n) is 6.53. The first kappa shape index (κ1) is 24.4. The number of piperidine rings is 1. The number of hydrogen-bond acceptors (Lipinski definition) is 4. The van der Waals surface area contributed by atoms with E-state index in [0.717, 1.165) is 12.1 Å². The Hall–Kier alpha value is -2.77. The molecule has 2 aromatic rings. The van der Waals surface area contributed by atoms with E-state index in [1.165, 1.54) is 0 Å². The maximum atomic E-state index is 13.7. The van der Waals surface area contributed by atoms with Crippen molar-refractivity contribution in [2.24, 2.45) is 0 Å². The topological polar surface area (TPSA) is 73.0 Å². The predicted molar refractivity (Wildman–Crippen MR) is 133 cm³/mol. The number of para-hydroxylation sites is 1. The number of halogens is 2. The van der Waals surface area contributed by atoms with Gasteiger partial charge < -0.3 is 20.0 Å². The minimum atomic E-state index is -0.791. The summed E-state index contributed by atoms with van der Waals surface area (Å²) in [4.78, 5) is 44.6. The summed E-state index contributed by atoms with van der Waals surface area (Å²) < 4.78 is 0. The molecule has 0 unspecified atom stereocenters. The monoisotopic (exact) mass is 502 g/mol. The lowest BCUT2D eigenvalue weighted by atomic mass is 9.85. The van der Waals surface area contributed by atoms with E-state index in [9.17, 15) is 14.4 Å². The molecule has 3 amide bonds. The third kappa shape index (κ3) is 4.72. The minimum Gasteiger partial charge on any atom is -0.355 e. The van der Waals surface area contributed by atoms with E-state index in [1.54, 1.807) is 28.0 Å². The van der Waals surface area contributed by atoms with Gasteiger partial charge in [0.25, 0.3) is 11.8 Å². The van der Waals surface area contributed by atoms with Gasteiger partial charge in [-0.3, -0.25) is 14.4 Å². The standard InChI is InChI=1S/C25H28Cl2N4O3/c1-2-12-28-22(32)16-30-17-31(19-6-4-3-5-7-19)25(24(30)34)10-13-29(14-11-25)23(33)18-8-9-20(26)21(27)15-18/h3-9,15H,2,10-14,16-17H2,1H3,(H,28,32). The highest BCUT2D eigenvalue weighted by atomic mass is 35.5. The molecule has 1 spiro atoms. The molecule has 0 aromatic heterocycles. The summed E-state index contributed by atoms with van der Waals surface area (Å²) in [5, 5.41) is 3.58. The zero-order chi connectivity index (χ0) is 24.3. The van der Waals surface area contributed by atoms with Crippen molar-refractivity contribution < 1.29 is 14.4 Å². The van der Waals surface area contributed by atoms with E-state index in [1.807, 2.05) is 37.3 Å². The van der Waals surface area contributed by atoms with Gasteiger partial charge in [-0.15, -0.1) is 0 Å². The number of carbonyl (C=O) groups excluding carboxylic acids is 3. The fraction of sp³-hybridized carbons (Fsp3) is 0.400. The summed E-state index contributed by atoms with van der Waals surface area (Å²) in [5.41, 5.74) is 0.606. The molecule has 9 heteroatoms. The maximum Gasteiger partial charge on any atom is 0.253 e. The summed E-state index contributed by atoms with van der Waals surface area (Å²) in [6.07, 6.45) is 1.78. The summed E-state index contributed by atoms with van der Waals surface area (Å²) >= 11 is 12.1. The summed E-state index contributed by atoms with van der Waals surface area (Å²) in [6.45, 7) is 3.77. The van der Waals surface area contributed by atoms with Gasteiger partial charge in [-0.1, -0.05) is 48.3 Å². The van der Waals surface area contributed by atoms with Crippen LogP contribution in [0.3, 0.4) is 0 Å². The number of nitrogens with zero attached hydrogens (tertiary/aromatic N) is 3. The molecule has 2 aliphatic heterocycles. The third-order valence-corrected chi connectivity index (χ3v) is 7.27. The van der Waals surface area contributed by atoms with Crippen molar-refractivity contribution in [1.82, 2.24) is 15.1 Å². The molecule has 1 N–H and O–H groups in total. The van der Waals surface area contributed by atoms with Gasteiger partial charge in [0.05, 0.1) is 16.7 Å². The lowest BCUT2D eigenvalue weighted by Crippen LogP contribution is -2.57. The molecule has 2 aromatic carbocycles. The number of rotatable bonds is 6. The van der Waals surface area contributed by atoms with E-state index >= 15 is 0 Å². The van der Waals surface area contributed by atoms with Crippen LogP contribution in [-0.2, 0) is 9.59 Å². The Morgan fingerprint density at radius 2 is 1.74 bits per heavy atom. The average molecular weight is 503 g/mol. The Morgan fingerprint density at radius 1 is 1.03 bits per heavy atom. The highest BCUT2D eigenvalue weighted by Crippen LogP contribution is 2.39. The number of nitrogens with one attached hydrogen (secondary N) is 1. The first-order valence-electron chi connectivity index (χ1n) is 11.5. The molecule has 0 radical (unpaired) electrons. The molecule has 4 rings (SSSR count). The van der Waals surface area contributed by atoms with Gasteiger partial charge in [0.2, 0.25) is 5.91 Å². The van der Waals surface area contributed by atoms with Crippen molar-refractivity contribution in [2.45, 2.75) is 31.7 Å². The molecule has 0 aliphatic carbocycles. The molecule has 0 atom stereocenters. The SMILES string of the molecule is CCCNC(=O)CN1CN(c2ccccc2)C2(CCN(C(=O)c3ccc(Cl)c(Cl)c3)CC2)C1=O. The molecule has 2 heterocycles. The van der Waals surface area contributed by atoms with Gasteiger partial charge in [-0.05, 0) is 49.6 Å². The van der Waals surface area contributed by atoms with Crippen LogP contribution in [0.5, 0.6) is 0 Å². The van der Waals surface area contributed by atoms with Crippen molar-refractivity contribution in [3.63, 3.8) is 0 Å². The highest BCUT2D eigenvalue weighted by molar-refractivity contribution is 6.42. The lowest BCUT2D eigenvalue weighted by molar-refractivity contribution is -0.137. The molecule has 7 nitrogen and oxygen atoms in total. The highest BCUT2D eigenvalue weighted by Gasteiger charge is 2.54. The Bertz CT molecular complexity index is 1070. The lowest BCUT2D eigenvalue weighted by Gasteiger charge is -2.43. The molecular formula is C25H28Cl2N4O3. The molecule has 2 aliphatic rings. The van der Waals surface area contributed by atoms with Crippen molar-refractivity contribution in [2.75, 3.05) is 37.7 Å². The smallest absolute Gasteiger partial charge is 0.253 e. The van der Waals surface area contributed by atoms with Gasteiger partial charge in [-0.25, -0.2) is 0 Å². The van der Waals surface area contributed by atoms with E-state index < -0.39 is 5.54 Å². The van der Waals surface area contributed by atoms with Gasteiger partial charge in [0.15, 0.2) is 0 Å². The second-order valence-electron chi connectivity index (χ2n) is 8.71. The molecule has 2 fully saturated rings. The second kappa shape index (κ2) is 10.2. The number of anilines is 1.